The van der Waals surface area contributed by atoms with Crippen molar-refractivity contribution in [1.82, 2.24) is 5.32 Å². The summed E-state index contributed by atoms with van der Waals surface area (Å²) in [6.07, 6.45) is 7.11. The summed E-state index contributed by atoms with van der Waals surface area (Å²) in [6, 6.07) is 0. The third kappa shape index (κ3) is 6.62. The lowest BCUT2D eigenvalue weighted by Gasteiger charge is -2.26. The average molecular weight is 255 g/mol. The molecule has 1 aliphatic rings. The van der Waals surface area contributed by atoms with Crippen LogP contribution in [0.1, 0.15) is 58.3 Å². The van der Waals surface area contributed by atoms with Crippen molar-refractivity contribution >= 4 is 11.9 Å². The summed E-state index contributed by atoms with van der Waals surface area (Å²) in [5, 5.41) is 11.4. The first-order valence-corrected chi connectivity index (χ1v) is 7.06. The van der Waals surface area contributed by atoms with Gasteiger partial charge in [0.1, 0.15) is 0 Å². The highest BCUT2D eigenvalue weighted by Gasteiger charge is 2.20. The monoisotopic (exact) mass is 255 g/mol. The minimum atomic E-state index is -0.766. The highest BCUT2D eigenvalue weighted by molar-refractivity contribution is 5.76. The van der Waals surface area contributed by atoms with Crippen LogP contribution in [0.3, 0.4) is 0 Å². The summed E-state index contributed by atoms with van der Waals surface area (Å²) in [6.45, 7) is 2.87. The third-order valence-corrected chi connectivity index (χ3v) is 3.66. The van der Waals surface area contributed by atoms with Gasteiger partial charge in [-0.25, -0.2) is 0 Å². The number of rotatable bonds is 7. The fraction of sp³-hybridized carbons (Fsp3) is 0.857. The number of amides is 1. The second kappa shape index (κ2) is 8.11. The van der Waals surface area contributed by atoms with Gasteiger partial charge in [-0.3, -0.25) is 9.59 Å². The fourth-order valence-corrected chi connectivity index (χ4v) is 2.71. The van der Waals surface area contributed by atoms with E-state index in [9.17, 15) is 9.59 Å². The summed E-state index contributed by atoms with van der Waals surface area (Å²) in [5.41, 5.74) is 0. The van der Waals surface area contributed by atoms with Gasteiger partial charge in [-0.1, -0.05) is 19.8 Å². The van der Waals surface area contributed by atoms with E-state index in [1.807, 2.05) is 0 Å². The van der Waals surface area contributed by atoms with Crippen molar-refractivity contribution in [2.75, 3.05) is 6.54 Å². The fourth-order valence-electron chi connectivity index (χ4n) is 2.71. The Kier molecular flexibility index (Phi) is 6.76. The van der Waals surface area contributed by atoms with Gasteiger partial charge in [0.05, 0.1) is 0 Å². The number of carbonyl (C=O) groups excluding carboxylic acids is 1. The lowest BCUT2D eigenvalue weighted by atomic mass is 9.81. The summed E-state index contributed by atoms with van der Waals surface area (Å²) in [4.78, 5) is 22.0. The van der Waals surface area contributed by atoms with Gasteiger partial charge in [0.15, 0.2) is 0 Å². The minimum absolute atomic E-state index is 0.129. The molecule has 2 N–H and O–H groups in total. The molecule has 2 unspecified atom stereocenters. The number of unbranched alkanes of at least 4 members (excludes halogenated alkanes) is 1. The maximum absolute atomic E-state index is 11.7. The molecular formula is C14H25NO3. The van der Waals surface area contributed by atoms with E-state index in [4.69, 9.17) is 5.11 Å². The van der Waals surface area contributed by atoms with Crippen LogP contribution in [-0.2, 0) is 9.59 Å². The Bertz CT molecular complexity index is 278. The molecule has 104 valence electrons. The molecule has 18 heavy (non-hydrogen) atoms. The molecule has 1 aliphatic carbocycles. The molecule has 0 saturated heterocycles. The molecule has 0 aromatic rings. The lowest BCUT2D eigenvalue weighted by molar-refractivity contribution is -0.137. The molecule has 0 aromatic heterocycles. The zero-order chi connectivity index (χ0) is 13.4. The largest absolute Gasteiger partial charge is 0.481 e. The van der Waals surface area contributed by atoms with Crippen LogP contribution in [-0.4, -0.2) is 23.5 Å². The normalized spacial score (nSPS) is 23.6. The molecule has 0 bridgehead atoms. The first kappa shape index (κ1) is 15.0. The maximum Gasteiger partial charge on any atom is 0.303 e. The van der Waals surface area contributed by atoms with E-state index in [0.717, 1.165) is 12.3 Å². The number of carboxylic acids is 1. The van der Waals surface area contributed by atoms with E-state index in [2.05, 4.69) is 12.2 Å². The molecular weight excluding hydrogens is 230 g/mol. The number of aliphatic carboxylic acids is 1. The highest BCUT2D eigenvalue weighted by atomic mass is 16.4. The van der Waals surface area contributed by atoms with Crippen LogP contribution in [0.2, 0.25) is 0 Å². The van der Waals surface area contributed by atoms with Gasteiger partial charge in [0.2, 0.25) is 5.91 Å². The van der Waals surface area contributed by atoms with Gasteiger partial charge >= 0.3 is 5.97 Å². The summed E-state index contributed by atoms with van der Waals surface area (Å²) >= 11 is 0. The van der Waals surface area contributed by atoms with Crippen molar-refractivity contribution in [3.05, 3.63) is 0 Å². The second-order valence-corrected chi connectivity index (χ2v) is 5.54. The van der Waals surface area contributed by atoms with Crippen LogP contribution < -0.4 is 5.32 Å². The van der Waals surface area contributed by atoms with Gasteiger partial charge in [-0.2, -0.15) is 0 Å². The van der Waals surface area contributed by atoms with Crippen LogP contribution >= 0.6 is 0 Å². The number of hydrogen-bond donors (Lipinski definition) is 2. The van der Waals surface area contributed by atoms with Crippen molar-refractivity contribution in [3.8, 4) is 0 Å². The van der Waals surface area contributed by atoms with Crippen molar-refractivity contribution in [2.24, 2.45) is 11.8 Å². The molecule has 2 atom stereocenters. The topological polar surface area (TPSA) is 66.4 Å². The van der Waals surface area contributed by atoms with Crippen molar-refractivity contribution in [2.45, 2.75) is 58.3 Å². The number of hydrogen-bond acceptors (Lipinski definition) is 2. The molecule has 0 heterocycles. The Morgan fingerprint density at radius 3 is 2.72 bits per heavy atom. The van der Waals surface area contributed by atoms with Crippen molar-refractivity contribution < 1.29 is 14.7 Å². The summed E-state index contributed by atoms with van der Waals surface area (Å²) in [7, 11) is 0. The predicted octanol–water partition coefficient (Wildman–Crippen LogP) is 2.57. The molecule has 1 saturated carbocycles. The smallest absolute Gasteiger partial charge is 0.303 e. The predicted molar refractivity (Wildman–Crippen MR) is 70.2 cm³/mol. The van der Waals surface area contributed by atoms with Crippen LogP contribution in [0, 0.1) is 11.8 Å². The van der Waals surface area contributed by atoms with E-state index in [0.29, 0.717) is 25.3 Å². The molecule has 0 aromatic carbocycles. The number of carboxylic acid groups (broad SMARTS) is 1. The Morgan fingerprint density at radius 1 is 1.28 bits per heavy atom. The van der Waals surface area contributed by atoms with E-state index >= 15 is 0 Å². The van der Waals surface area contributed by atoms with E-state index in [-0.39, 0.29) is 12.3 Å². The maximum atomic E-state index is 11.7. The zero-order valence-electron chi connectivity index (χ0n) is 11.3. The van der Waals surface area contributed by atoms with Gasteiger partial charge in [0.25, 0.3) is 0 Å². The standard InChI is InChI=1S/C14H25NO3/c1-11-5-4-6-12(9-11)10-13(16)15-8-3-2-7-14(17)18/h11-12H,2-10H2,1H3,(H,15,16)(H,17,18). The van der Waals surface area contributed by atoms with Crippen LogP contribution in [0.15, 0.2) is 0 Å². The molecule has 0 aliphatic heterocycles. The Morgan fingerprint density at radius 2 is 2.06 bits per heavy atom. The van der Waals surface area contributed by atoms with Gasteiger partial charge in [-0.05, 0) is 37.5 Å². The SMILES string of the molecule is CC1CCCC(CC(=O)NCCCCC(=O)O)C1. The molecule has 4 heteroatoms. The molecule has 0 spiro atoms. The van der Waals surface area contributed by atoms with Gasteiger partial charge < -0.3 is 10.4 Å². The number of nitrogens with one attached hydrogen (secondary N) is 1. The van der Waals surface area contributed by atoms with Gasteiger partial charge in [0, 0.05) is 19.4 Å². The van der Waals surface area contributed by atoms with E-state index in [1.165, 1.54) is 25.7 Å². The van der Waals surface area contributed by atoms with Crippen LogP contribution in [0.4, 0.5) is 0 Å². The molecule has 1 fully saturated rings. The first-order chi connectivity index (χ1) is 8.58. The minimum Gasteiger partial charge on any atom is -0.481 e. The van der Waals surface area contributed by atoms with Crippen molar-refractivity contribution in [1.29, 1.82) is 0 Å². The molecule has 4 nitrogen and oxygen atoms in total. The highest BCUT2D eigenvalue weighted by Crippen LogP contribution is 2.30. The molecule has 1 amide bonds. The quantitative estimate of drug-likeness (QED) is 0.687. The average Bonchev–Trinajstić information content (AvgIpc) is 2.28. The summed E-state index contributed by atoms with van der Waals surface area (Å²) in [5.74, 6) is 0.668. The van der Waals surface area contributed by atoms with E-state index in [1.54, 1.807) is 0 Å². The Balaban J connectivity index is 2.04. The van der Waals surface area contributed by atoms with E-state index < -0.39 is 5.97 Å². The Hall–Kier alpha value is -1.06. The molecule has 0 radical (unpaired) electrons. The van der Waals surface area contributed by atoms with Crippen molar-refractivity contribution in [3.63, 3.8) is 0 Å². The second-order valence-electron chi connectivity index (χ2n) is 5.54. The Labute approximate surface area is 109 Å². The molecule has 1 rings (SSSR count). The zero-order valence-corrected chi connectivity index (χ0v) is 11.3. The lowest BCUT2D eigenvalue weighted by Crippen LogP contribution is -2.28. The number of carbonyl (C=O) groups is 2. The van der Waals surface area contributed by atoms with Gasteiger partial charge in [-0.15, -0.1) is 0 Å². The third-order valence-electron chi connectivity index (χ3n) is 3.66. The first-order valence-electron chi connectivity index (χ1n) is 7.06. The summed E-state index contributed by atoms with van der Waals surface area (Å²) < 4.78 is 0. The van der Waals surface area contributed by atoms with Crippen LogP contribution in [0.5, 0.6) is 0 Å². The van der Waals surface area contributed by atoms with Crippen LogP contribution in [0.25, 0.3) is 0 Å².